The molecule has 8 heteroatoms. The van der Waals surface area contributed by atoms with E-state index >= 15 is 0 Å². The van der Waals surface area contributed by atoms with Gasteiger partial charge >= 0.3 is 11.9 Å². The molecule has 2 aromatic rings. The molecule has 62 heavy (non-hydrogen) atoms. The zero-order valence-corrected chi connectivity index (χ0v) is 38.4. The molecule has 8 nitrogen and oxygen atoms in total. The predicted molar refractivity (Wildman–Crippen MR) is 250 cm³/mol. The Hall–Kier alpha value is -3.36. The van der Waals surface area contributed by atoms with Crippen LogP contribution in [-0.2, 0) is 14.3 Å². The molecule has 0 atom stereocenters. The van der Waals surface area contributed by atoms with Crippen molar-refractivity contribution in [3.05, 3.63) is 65.7 Å². The smallest absolute Gasteiger partial charge is 0.305 e. The summed E-state index contributed by atoms with van der Waals surface area (Å²) in [5.41, 5.74) is 5.57. The van der Waals surface area contributed by atoms with Gasteiger partial charge in [0.1, 0.15) is 11.5 Å². The fourth-order valence-electron chi connectivity index (χ4n) is 12.0. The summed E-state index contributed by atoms with van der Waals surface area (Å²) in [7, 11) is 0. The van der Waals surface area contributed by atoms with Gasteiger partial charge in [-0.3, -0.25) is 14.5 Å². The molecule has 4 saturated carbocycles. The summed E-state index contributed by atoms with van der Waals surface area (Å²) in [4.78, 5) is 27.0. The van der Waals surface area contributed by atoms with Crippen LogP contribution in [0.5, 0.6) is 11.5 Å². The van der Waals surface area contributed by atoms with Gasteiger partial charge in [0.25, 0.3) is 0 Å². The van der Waals surface area contributed by atoms with E-state index < -0.39 is 5.97 Å². The number of ether oxygens (including phenoxy) is 3. The largest absolute Gasteiger partial charge is 0.490 e. The van der Waals surface area contributed by atoms with Gasteiger partial charge in [0.05, 0.1) is 18.8 Å². The van der Waals surface area contributed by atoms with Crippen molar-refractivity contribution in [3.8, 4) is 11.5 Å². The van der Waals surface area contributed by atoms with Crippen molar-refractivity contribution in [3.63, 3.8) is 0 Å². The van der Waals surface area contributed by atoms with Crippen LogP contribution in [0.4, 0.5) is 0 Å². The van der Waals surface area contributed by atoms with Crippen molar-refractivity contribution in [2.45, 2.75) is 186 Å². The number of rotatable bonds is 17. The van der Waals surface area contributed by atoms with E-state index in [4.69, 9.17) is 19.3 Å². The second-order valence-corrected chi connectivity index (χ2v) is 20.2. The summed E-state index contributed by atoms with van der Waals surface area (Å²) < 4.78 is 17.7. The molecule has 2 aliphatic heterocycles. The lowest BCUT2D eigenvalue weighted by molar-refractivity contribution is -0.143. The number of carboxylic acid groups (broad SMARTS) is 1. The lowest BCUT2D eigenvalue weighted by Gasteiger charge is -2.37. The van der Waals surface area contributed by atoms with E-state index in [1.807, 2.05) is 6.92 Å². The number of carbonyl (C=O) groups excluding carboxylic acids is 1. The summed E-state index contributed by atoms with van der Waals surface area (Å²) in [6.07, 6.45) is 33.2. The van der Waals surface area contributed by atoms with Crippen molar-refractivity contribution >= 4 is 17.5 Å². The van der Waals surface area contributed by atoms with Crippen LogP contribution in [0, 0.1) is 10.8 Å². The Bertz CT molecular complexity index is 1670. The highest BCUT2D eigenvalue weighted by Crippen LogP contribution is 2.50. The number of benzene rings is 2. The molecular weight excluding hydrogens is 773 g/mol. The lowest BCUT2D eigenvalue weighted by atomic mass is 9.72. The van der Waals surface area contributed by atoms with E-state index in [2.05, 4.69) is 64.4 Å². The van der Waals surface area contributed by atoms with Crippen LogP contribution in [0.3, 0.4) is 0 Å². The summed E-state index contributed by atoms with van der Waals surface area (Å²) in [5.74, 6) is 1.97. The van der Waals surface area contributed by atoms with Gasteiger partial charge in [0.2, 0.25) is 0 Å². The van der Waals surface area contributed by atoms with E-state index in [0.29, 0.717) is 48.4 Å². The van der Waals surface area contributed by atoms with E-state index in [1.54, 1.807) is 0 Å². The van der Waals surface area contributed by atoms with Gasteiger partial charge in [-0.15, -0.1) is 0 Å². The van der Waals surface area contributed by atoms with Gasteiger partial charge in [-0.2, -0.15) is 0 Å². The average Bonchev–Trinajstić information content (AvgIpc) is 3.97. The Morgan fingerprint density at radius 3 is 1.65 bits per heavy atom. The quantitative estimate of drug-likeness (QED) is 0.124. The van der Waals surface area contributed by atoms with Crippen LogP contribution in [-0.4, -0.2) is 84.9 Å². The minimum absolute atomic E-state index is 0.0676. The number of nitrogens with zero attached hydrogens (tertiary/aromatic N) is 2. The van der Waals surface area contributed by atoms with Gasteiger partial charge in [-0.05, 0) is 213 Å². The highest BCUT2D eigenvalue weighted by molar-refractivity contribution is 5.69. The Balaban J connectivity index is 0.000000187. The molecule has 2 spiro atoms. The minimum Gasteiger partial charge on any atom is -0.490 e. The molecule has 342 valence electrons. The molecule has 0 aromatic heterocycles. The van der Waals surface area contributed by atoms with E-state index in [1.165, 1.54) is 132 Å². The molecule has 4 aliphatic carbocycles. The van der Waals surface area contributed by atoms with Crippen LogP contribution < -0.4 is 9.47 Å². The first-order chi connectivity index (χ1) is 30.3. The van der Waals surface area contributed by atoms with Crippen molar-refractivity contribution in [2.75, 3.05) is 45.9 Å². The maximum absolute atomic E-state index is 11.4. The molecule has 1 saturated heterocycles. The number of carbonyl (C=O) groups is 2. The second kappa shape index (κ2) is 23.5. The number of aliphatic carboxylic acids is 1. The van der Waals surface area contributed by atoms with Crippen LogP contribution in [0.1, 0.15) is 184 Å². The van der Waals surface area contributed by atoms with Crippen molar-refractivity contribution < 1.29 is 28.9 Å². The third-order valence-electron chi connectivity index (χ3n) is 15.9. The number of piperidine rings is 1. The zero-order chi connectivity index (χ0) is 43.0. The SMILES string of the molecule is CCOC(=O)CCCCN1CC=C(c2ccc(OC3CCC4(CCCC4)CC3)cc2)CC1.O=C(O)CCCCN1CCC(c2ccc(OC3CCC4(CCCC4)CC3)cc2)CC1. The highest BCUT2D eigenvalue weighted by Gasteiger charge is 2.39. The fraction of sp³-hybridized carbons (Fsp3) is 0.704. The maximum atomic E-state index is 11.4. The lowest BCUT2D eigenvalue weighted by Crippen LogP contribution is -2.33. The Labute approximate surface area is 374 Å². The number of likely N-dealkylation sites (tertiary alicyclic amines) is 1. The van der Waals surface area contributed by atoms with Crippen LogP contribution in [0.15, 0.2) is 54.6 Å². The normalized spacial score (nSPS) is 23.1. The molecule has 0 bridgehead atoms. The molecule has 0 radical (unpaired) electrons. The van der Waals surface area contributed by atoms with Crippen LogP contribution in [0.25, 0.3) is 5.57 Å². The maximum Gasteiger partial charge on any atom is 0.305 e. The molecule has 1 N–H and O–H groups in total. The fourth-order valence-corrected chi connectivity index (χ4v) is 12.0. The van der Waals surface area contributed by atoms with E-state index in [0.717, 1.165) is 82.9 Å². The summed E-state index contributed by atoms with van der Waals surface area (Å²) in [6.45, 7) is 8.77. The summed E-state index contributed by atoms with van der Waals surface area (Å²) >= 11 is 0. The Morgan fingerprint density at radius 1 is 0.629 bits per heavy atom. The first-order valence-corrected chi connectivity index (χ1v) is 25.3. The van der Waals surface area contributed by atoms with Crippen LogP contribution >= 0.6 is 0 Å². The minimum atomic E-state index is -0.678. The third-order valence-corrected chi connectivity index (χ3v) is 15.9. The Kier molecular flexibility index (Phi) is 17.7. The van der Waals surface area contributed by atoms with Gasteiger partial charge in [-0.1, -0.05) is 56.0 Å². The van der Waals surface area contributed by atoms with Crippen molar-refractivity contribution in [1.82, 2.24) is 9.80 Å². The summed E-state index contributed by atoms with van der Waals surface area (Å²) in [6, 6.07) is 17.7. The molecule has 2 aromatic carbocycles. The van der Waals surface area contributed by atoms with Gasteiger partial charge < -0.3 is 24.2 Å². The van der Waals surface area contributed by atoms with Crippen molar-refractivity contribution in [1.29, 1.82) is 0 Å². The molecule has 5 fully saturated rings. The van der Waals surface area contributed by atoms with Crippen molar-refractivity contribution in [2.24, 2.45) is 10.8 Å². The number of carboxylic acids is 1. The van der Waals surface area contributed by atoms with E-state index in [-0.39, 0.29) is 5.97 Å². The average molecular weight is 853 g/mol. The molecular formula is C54H80N2O6. The third kappa shape index (κ3) is 14.1. The summed E-state index contributed by atoms with van der Waals surface area (Å²) in [5, 5.41) is 8.74. The standard InChI is InChI=1S/C28H41NO3.C26H39NO3/c1-2-31-27(30)7-3-6-20-29-21-14-24(15-22-29)23-8-10-25(11-9-23)32-26-12-18-28(19-13-26)16-4-5-17-28;28-25(29)5-1-4-18-27-19-12-22(13-20-27)21-6-8-23(9-7-21)30-24-10-16-26(17-11-24)14-2-3-15-26/h8-11,14,26H,2-7,12-13,15-22H2,1H3;6-9,22,24H,1-5,10-20H2,(H,28,29). The van der Waals surface area contributed by atoms with E-state index in [9.17, 15) is 9.59 Å². The van der Waals surface area contributed by atoms with Gasteiger partial charge in [-0.25, -0.2) is 0 Å². The zero-order valence-electron chi connectivity index (χ0n) is 38.4. The second-order valence-electron chi connectivity index (χ2n) is 20.2. The number of unbranched alkanes of at least 4 members (excludes halogenated alkanes) is 2. The molecule has 6 aliphatic rings. The Morgan fingerprint density at radius 2 is 1.15 bits per heavy atom. The number of esters is 1. The predicted octanol–water partition coefficient (Wildman–Crippen LogP) is 12.4. The molecule has 0 unspecified atom stereocenters. The number of hydrogen-bond acceptors (Lipinski definition) is 7. The molecule has 0 amide bonds. The van der Waals surface area contributed by atoms with Gasteiger partial charge in [0.15, 0.2) is 0 Å². The molecule has 2 heterocycles. The van der Waals surface area contributed by atoms with Crippen LogP contribution in [0.2, 0.25) is 0 Å². The van der Waals surface area contributed by atoms with Gasteiger partial charge in [0, 0.05) is 25.9 Å². The highest BCUT2D eigenvalue weighted by atomic mass is 16.5. The number of hydrogen-bond donors (Lipinski definition) is 1. The first kappa shape index (κ1) is 46.6. The topological polar surface area (TPSA) is 88.5 Å². The molecule has 8 rings (SSSR count). The first-order valence-electron chi connectivity index (χ1n) is 25.3. The monoisotopic (exact) mass is 853 g/mol.